The molecule has 200 valence electrons. The maximum absolute atomic E-state index is 13.1. The fourth-order valence-corrected chi connectivity index (χ4v) is 6.50. The lowest BCUT2D eigenvalue weighted by Gasteiger charge is -2.39. The SMILES string of the molecule is O=C(N[C@@H](Cc1ccc2nc(-c3c(Cl)cccc3Cl)ccc2c1)C(=O)O)C1CCCN(C2CCCCC2)C1. The predicted molar refractivity (Wildman–Crippen MR) is 152 cm³/mol. The van der Waals surface area contributed by atoms with Crippen LogP contribution in [0.25, 0.3) is 22.2 Å². The number of carbonyl (C=O) groups is 2. The summed E-state index contributed by atoms with van der Waals surface area (Å²) in [5.41, 5.74) is 2.93. The highest BCUT2D eigenvalue weighted by Gasteiger charge is 2.32. The van der Waals surface area contributed by atoms with Crippen molar-refractivity contribution in [2.75, 3.05) is 13.1 Å². The van der Waals surface area contributed by atoms with E-state index >= 15 is 0 Å². The molecule has 0 radical (unpaired) electrons. The van der Waals surface area contributed by atoms with E-state index in [9.17, 15) is 14.7 Å². The zero-order chi connectivity index (χ0) is 26.6. The summed E-state index contributed by atoms with van der Waals surface area (Å²) < 4.78 is 0. The average Bonchev–Trinajstić information content (AvgIpc) is 2.93. The number of halogens is 2. The highest BCUT2D eigenvalue weighted by atomic mass is 35.5. The molecule has 2 atom stereocenters. The van der Waals surface area contributed by atoms with Crippen LogP contribution in [0.2, 0.25) is 10.0 Å². The van der Waals surface area contributed by atoms with Gasteiger partial charge in [0.25, 0.3) is 0 Å². The topological polar surface area (TPSA) is 82.5 Å². The second-order valence-corrected chi connectivity index (χ2v) is 11.4. The highest BCUT2D eigenvalue weighted by molar-refractivity contribution is 6.39. The molecule has 6 nitrogen and oxygen atoms in total. The molecule has 2 heterocycles. The molecule has 1 amide bonds. The fourth-order valence-electron chi connectivity index (χ4n) is 5.91. The summed E-state index contributed by atoms with van der Waals surface area (Å²) in [5, 5.41) is 14.7. The summed E-state index contributed by atoms with van der Waals surface area (Å²) in [6.07, 6.45) is 8.22. The van der Waals surface area contributed by atoms with Crippen molar-refractivity contribution in [3.63, 3.8) is 0 Å². The Morgan fingerprint density at radius 3 is 2.50 bits per heavy atom. The molecule has 1 aliphatic carbocycles. The van der Waals surface area contributed by atoms with Crippen molar-refractivity contribution >= 4 is 46.0 Å². The van der Waals surface area contributed by atoms with Gasteiger partial charge in [0, 0.05) is 30.0 Å². The van der Waals surface area contributed by atoms with Crippen LogP contribution in [0, 0.1) is 5.92 Å². The Kier molecular flexibility index (Phi) is 8.51. The van der Waals surface area contributed by atoms with Crippen LogP contribution in [0.1, 0.15) is 50.5 Å². The van der Waals surface area contributed by atoms with E-state index in [2.05, 4.69) is 10.2 Å². The van der Waals surface area contributed by atoms with Gasteiger partial charge in [-0.2, -0.15) is 0 Å². The number of likely N-dealkylation sites (tertiary alicyclic amines) is 1. The van der Waals surface area contributed by atoms with Gasteiger partial charge in [-0.15, -0.1) is 0 Å². The molecule has 3 aromatic rings. The molecule has 0 bridgehead atoms. The minimum Gasteiger partial charge on any atom is -0.480 e. The Labute approximate surface area is 233 Å². The minimum atomic E-state index is -1.03. The molecule has 1 saturated carbocycles. The number of fused-ring (bicyclic) bond motifs is 1. The summed E-state index contributed by atoms with van der Waals surface area (Å²) in [5.74, 6) is -1.34. The fraction of sp³-hybridized carbons (Fsp3) is 0.433. The van der Waals surface area contributed by atoms with Crippen molar-refractivity contribution in [3.05, 3.63) is 64.1 Å². The first kappa shape index (κ1) is 26.9. The molecular formula is C30H33Cl2N3O3. The molecule has 8 heteroatoms. The maximum Gasteiger partial charge on any atom is 0.326 e. The number of benzene rings is 2. The molecule has 1 unspecified atom stereocenters. The van der Waals surface area contributed by atoms with Crippen LogP contribution in [0.4, 0.5) is 0 Å². The van der Waals surface area contributed by atoms with Crippen LogP contribution in [-0.2, 0) is 16.0 Å². The third kappa shape index (κ3) is 6.14. The molecular weight excluding hydrogens is 521 g/mol. The van der Waals surface area contributed by atoms with Gasteiger partial charge in [0.15, 0.2) is 0 Å². The maximum atomic E-state index is 13.1. The number of carboxylic acid groups (broad SMARTS) is 1. The molecule has 38 heavy (non-hydrogen) atoms. The molecule has 1 aromatic heterocycles. The van der Waals surface area contributed by atoms with E-state index in [-0.39, 0.29) is 18.2 Å². The van der Waals surface area contributed by atoms with Crippen molar-refractivity contribution in [2.45, 2.75) is 63.5 Å². The lowest BCUT2D eigenvalue weighted by atomic mass is 9.89. The summed E-state index contributed by atoms with van der Waals surface area (Å²) >= 11 is 12.7. The number of hydrogen-bond acceptors (Lipinski definition) is 4. The summed E-state index contributed by atoms with van der Waals surface area (Å²) in [7, 11) is 0. The van der Waals surface area contributed by atoms with E-state index in [1.54, 1.807) is 18.2 Å². The van der Waals surface area contributed by atoms with Gasteiger partial charge in [0.1, 0.15) is 6.04 Å². The summed E-state index contributed by atoms with van der Waals surface area (Å²) in [6.45, 7) is 1.76. The van der Waals surface area contributed by atoms with Gasteiger partial charge < -0.3 is 10.4 Å². The number of nitrogens with one attached hydrogen (secondary N) is 1. The van der Waals surface area contributed by atoms with Gasteiger partial charge in [0.2, 0.25) is 5.91 Å². The van der Waals surface area contributed by atoms with Crippen LogP contribution in [0.3, 0.4) is 0 Å². The number of hydrogen-bond donors (Lipinski definition) is 2. The number of carboxylic acids is 1. The largest absolute Gasteiger partial charge is 0.480 e. The number of carbonyl (C=O) groups excluding carboxylic acids is 1. The molecule has 2 aromatic carbocycles. The summed E-state index contributed by atoms with van der Waals surface area (Å²) in [4.78, 5) is 32.4. The third-order valence-corrected chi connectivity index (χ3v) is 8.57. The van der Waals surface area contributed by atoms with E-state index in [0.717, 1.165) is 42.4 Å². The van der Waals surface area contributed by atoms with E-state index in [4.69, 9.17) is 28.2 Å². The van der Waals surface area contributed by atoms with Crippen molar-refractivity contribution in [1.82, 2.24) is 15.2 Å². The van der Waals surface area contributed by atoms with E-state index < -0.39 is 12.0 Å². The second-order valence-electron chi connectivity index (χ2n) is 10.5. The van der Waals surface area contributed by atoms with Crippen LogP contribution >= 0.6 is 23.2 Å². The monoisotopic (exact) mass is 553 g/mol. The molecule has 0 spiro atoms. The van der Waals surface area contributed by atoms with Crippen molar-refractivity contribution in [3.8, 4) is 11.3 Å². The molecule has 5 rings (SSSR count). The molecule has 1 saturated heterocycles. The molecule has 2 fully saturated rings. The molecule has 1 aliphatic heterocycles. The first-order valence-electron chi connectivity index (χ1n) is 13.5. The smallest absolute Gasteiger partial charge is 0.326 e. The number of aliphatic carboxylic acids is 1. The number of rotatable bonds is 7. The highest BCUT2D eigenvalue weighted by Crippen LogP contribution is 2.34. The van der Waals surface area contributed by atoms with Crippen molar-refractivity contribution < 1.29 is 14.7 Å². The third-order valence-electron chi connectivity index (χ3n) is 7.94. The number of amides is 1. The Morgan fingerprint density at radius 1 is 1.00 bits per heavy atom. The Morgan fingerprint density at radius 2 is 1.76 bits per heavy atom. The number of aromatic nitrogens is 1. The zero-order valence-electron chi connectivity index (χ0n) is 21.3. The lowest BCUT2D eigenvalue weighted by Crippen LogP contribution is -2.51. The first-order chi connectivity index (χ1) is 18.4. The summed E-state index contributed by atoms with van der Waals surface area (Å²) in [6, 6.07) is 14.4. The van der Waals surface area contributed by atoms with Crippen LogP contribution in [0.5, 0.6) is 0 Å². The number of nitrogens with zero attached hydrogens (tertiary/aromatic N) is 2. The normalized spacial score (nSPS) is 19.8. The molecule has 2 N–H and O–H groups in total. The van der Waals surface area contributed by atoms with Crippen molar-refractivity contribution in [1.29, 1.82) is 0 Å². The van der Waals surface area contributed by atoms with E-state index in [0.29, 0.717) is 27.3 Å². The van der Waals surface area contributed by atoms with E-state index in [1.807, 2.05) is 30.3 Å². The predicted octanol–water partition coefficient (Wildman–Crippen LogP) is 6.37. The van der Waals surface area contributed by atoms with Crippen LogP contribution in [0.15, 0.2) is 48.5 Å². The van der Waals surface area contributed by atoms with Gasteiger partial charge in [-0.05, 0) is 68.1 Å². The van der Waals surface area contributed by atoms with Gasteiger partial charge in [-0.3, -0.25) is 9.69 Å². The van der Waals surface area contributed by atoms with Gasteiger partial charge in [-0.25, -0.2) is 9.78 Å². The zero-order valence-corrected chi connectivity index (χ0v) is 22.8. The number of piperidine rings is 1. The van der Waals surface area contributed by atoms with Gasteiger partial charge >= 0.3 is 5.97 Å². The van der Waals surface area contributed by atoms with Gasteiger partial charge in [0.05, 0.1) is 27.2 Å². The second kappa shape index (κ2) is 12.0. The Hall–Kier alpha value is -2.67. The van der Waals surface area contributed by atoms with Crippen molar-refractivity contribution in [2.24, 2.45) is 5.92 Å². The van der Waals surface area contributed by atoms with Gasteiger partial charge in [-0.1, -0.05) is 60.7 Å². The Balaban J connectivity index is 1.27. The van der Waals surface area contributed by atoms with Crippen LogP contribution < -0.4 is 5.32 Å². The lowest BCUT2D eigenvalue weighted by molar-refractivity contribution is -0.142. The first-order valence-corrected chi connectivity index (χ1v) is 14.3. The standard InChI is InChI=1S/C30H33Cl2N3O3/c31-23-9-4-10-24(32)28(23)26-14-12-20-16-19(11-13-25(20)33-26)17-27(30(37)38)34-29(36)21-6-5-15-35(18-21)22-7-2-1-3-8-22/h4,9-14,16,21-22,27H,1-3,5-8,15,17-18H2,(H,34,36)(H,37,38)/t21?,27-/m0/s1. The number of pyridine rings is 1. The van der Waals surface area contributed by atoms with Crippen LogP contribution in [-0.4, -0.2) is 52.0 Å². The average molecular weight is 555 g/mol. The van der Waals surface area contributed by atoms with E-state index in [1.165, 1.54) is 32.1 Å². The quantitative estimate of drug-likeness (QED) is 0.355. The minimum absolute atomic E-state index is 0.151. The molecule has 2 aliphatic rings. The Bertz CT molecular complexity index is 1310.